The molecule has 0 saturated heterocycles. The minimum absolute atomic E-state index is 0.0304. The number of aromatic nitrogens is 1. The Morgan fingerprint density at radius 2 is 1.92 bits per heavy atom. The molecule has 1 aromatic heterocycles. The average molecular weight is 337 g/mol. The molecule has 0 saturated carbocycles. The number of aromatic amines is 1. The Labute approximate surface area is 147 Å². The molecule has 0 amide bonds. The summed E-state index contributed by atoms with van der Waals surface area (Å²) >= 11 is 0. The Morgan fingerprint density at radius 3 is 2.60 bits per heavy atom. The van der Waals surface area contributed by atoms with Gasteiger partial charge in [-0.2, -0.15) is 0 Å². The lowest BCUT2D eigenvalue weighted by atomic mass is 9.97. The van der Waals surface area contributed by atoms with E-state index in [0.29, 0.717) is 12.5 Å². The van der Waals surface area contributed by atoms with Crippen molar-refractivity contribution in [1.29, 1.82) is 0 Å². The number of benzene rings is 2. The number of aliphatic carboxylic acids is 1. The minimum Gasteiger partial charge on any atom is -0.493 e. The van der Waals surface area contributed by atoms with Gasteiger partial charge in [0.25, 0.3) is 0 Å². The smallest absolute Gasteiger partial charge is 0.307 e. The molecule has 2 N–H and O–H groups in total. The second-order valence-electron chi connectivity index (χ2n) is 6.40. The van der Waals surface area contributed by atoms with Crippen LogP contribution < -0.4 is 4.74 Å². The van der Waals surface area contributed by atoms with Crippen LogP contribution in [-0.2, 0) is 11.2 Å². The molecule has 0 fully saturated rings. The molecule has 4 nitrogen and oxygen atoms in total. The molecule has 0 aliphatic rings. The summed E-state index contributed by atoms with van der Waals surface area (Å²) in [5.41, 5.74) is 4.72. The molecule has 1 heterocycles. The van der Waals surface area contributed by atoms with Gasteiger partial charge in [0, 0.05) is 16.5 Å². The maximum atomic E-state index is 11.5. The fourth-order valence-electron chi connectivity index (χ4n) is 3.30. The normalized spacial score (nSPS) is 11.2. The third kappa shape index (κ3) is 3.25. The van der Waals surface area contributed by atoms with Crippen molar-refractivity contribution in [1.82, 2.24) is 4.98 Å². The zero-order chi connectivity index (χ0) is 18.0. The van der Waals surface area contributed by atoms with E-state index < -0.39 is 5.97 Å². The van der Waals surface area contributed by atoms with Gasteiger partial charge in [-0.1, -0.05) is 44.2 Å². The number of carbonyl (C=O) groups is 1. The van der Waals surface area contributed by atoms with Crippen LogP contribution >= 0.6 is 0 Å². The number of para-hydroxylation sites is 2. The molecule has 0 spiro atoms. The lowest BCUT2D eigenvalue weighted by molar-refractivity contribution is -0.136. The minimum atomic E-state index is -0.842. The molecule has 2 aromatic carbocycles. The summed E-state index contributed by atoms with van der Waals surface area (Å²) in [4.78, 5) is 15.0. The highest BCUT2D eigenvalue weighted by atomic mass is 16.5. The number of ether oxygens (including phenoxy) is 1. The van der Waals surface area contributed by atoms with E-state index in [0.717, 1.165) is 33.5 Å². The molecule has 25 heavy (non-hydrogen) atoms. The van der Waals surface area contributed by atoms with E-state index in [1.807, 2.05) is 43.3 Å². The van der Waals surface area contributed by atoms with Gasteiger partial charge in [-0.25, -0.2) is 0 Å². The van der Waals surface area contributed by atoms with Gasteiger partial charge in [0.15, 0.2) is 0 Å². The van der Waals surface area contributed by atoms with E-state index >= 15 is 0 Å². The highest BCUT2D eigenvalue weighted by Gasteiger charge is 2.20. The fourth-order valence-corrected chi connectivity index (χ4v) is 3.30. The summed E-state index contributed by atoms with van der Waals surface area (Å²) in [7, 11) is 0. The number of nitrogens with one attached hydrogen (secondary N) is 1. The Bertz CT molecular complexity index is 909. The standard InChI is InChI=1S/C21H23NO3/c1-4-25-18-11-6-5-8-16(18)21-17(12-19(23)24)15-10-7-9-14(13(2)3)20(15)22-21/h5-11,13,22H,4,12H2,1-3H3,(H,23,24). The summed E-state index contributed by atoms with van der Waals surface area (Å²) in [6.07, 6.45) is -0.0304. The lowest BCUT2D eigenvalue weighted by Crippen LogP contribution is -2.02. The van der Waals surface area contributed by atoms with Crippen molar-refractivity contribution in [2.24, 2.45) is 0 Å². The molecule has 0 bridgehead atoms. The molecule has 4 heteroatoms. The van der Waals surface area contributed by atoms with E-state index in [1.165, 1.54) is 5.56 Å². The SMILES string of the molecule is CCOc1ccccc1-c1[nH]c2c(C(C)C)cccc2c1CC(=O)O. The molecular weight excluding hydrogens is 314 g/mol. The first-order valence-electron chi connectivity index (χ1n) is 8.60. The molecular formula is C21H23NO3. The third-order valence-corrected chi connectivity index (χ3v) is 4.38. The van der Waals surface area contributed by atoms with Crippen LogP contribution in [0.4, 0.5) is 0 Å². The quantitative estimate of drug-likeness (QED) is 0.666. The van der Waals surface area contributed by atoms with Gasteiger partial charge in [0.1, 0.15) is 5.75 Å². The summed E-state index contributed by atoms with van der Waals surface area (Å²) in [5, 5.41) is 10.4. The Balaban J connectivity index is 2.31. The van der Waals surface area contributed by atoms with E-state index in [9.17, 15) is 9.90 Å². The Kier molecular flexibility index (Phi) is 4.79. The molecule has 3 aromatic rings. The van der Waals surface area contributed by atoms with Gasteiger partial charge in [-0.05, 0) is 36.1 Å². The topological polar surface area (TPSA) is 62.3 Å². The zero-order valence-corrected chi connectivity index (χ0v) is 14.8. The summed E-state index contributed by atoms with van der Waals surface area (Å²) in [5.74, 6) is 0.260. The largest absolute Gasteiger partial charge is 0.493 e. The van der Waals surface area contributed by atoms with Crippen molar-refractivity contribution in [2.75, 3.05) is 6.61 Å². The monoisotopic (exact) mass is 337 g/mol. The second kappa shape index (κ2) is 7.01. The molecule has 0 aliphatic carbocycles. The van der Waals surface area contributed by atoms with Crippen LogP contribution in [0.3, 0.4) is 0 Å². The van der Waals surface area contributed by atoms with Gasteiger partial charge < -0.3 is 14.8 Å². The van der Waals surface area contributed by atoms with Gasteiger partial charge in [0.2, 0.25) is 0 Å². The first-order chi connectivity index (χ1) is 12.0. The van der Waals surface area contributed by atoms with E-state index in [2.05, 4.69) is 24.9 Å². The van der Waals surface area contributed by atoms with E-state index in [4.69, 9.17) is 4.74 Å². The third-order valence-electron chi connectivity index (χ3n) is 4.38. The van der Waals surface area contributed by atoms with Crippen molar-refractivity contribution in [3.8, 4) is 17.0 Å². The van der Waals surface area contributed by atoms with Crippen molar-refractivity contribution >= 4 is 16.9 Å². The average Bonchev–Trinajstić information content (AvgIpc) is 2.93. The molecule has 0 atom stereocenters. The number of hydrogen-bond acceptors (Lipinski definition) is 2. The van der Waals surface area contributed by atoms with E-state index in [1.54, 1.807) is 0 Å². The van der Waals surface area contributed by atoms with Gasteiger partial charge in [0.05, 0.1) is 18.7 Å². The zero-order valence-electron chi connectivity index (χ0n) is 14.8. The number of H-pyrrole nitrogens is 1. The summed E-state index contributed by atoms with van der Waals surface area (Å²) in [6.45, 7) is 6.78. The summed E-state index contributed by atoms with van der Waals surface area (Å²) in [6, 6.07) is 13.8. The van der Waals surface area contributed by atoms with Crippen molar-refractivity contribution in [2.45, 2.75) is 33.1 Å². The van der Waals surface area contributed by atoms with Crippen LogP contribution in [0.15, 0.2) is 42.5 Å². The number of rotatable bonds is 6. The second-order valence-corrected chi connectivity index (χ2v) is 6.40. The van der Waals surface area contributed by atoms with E-state index in [-0.39, 0.29) is 6.42 Å². The number of carboxylic acid groups (broad SMARTS) is 1. The van der Waals surface area contributed by atoms with Gasteiger partial charge in [-0.3, -0.25) is 4.79 Å². The lowest BCUT2D eigenvalue weighted by Gasteiger charge is -2.10. The maximum Gasteiger partial charge on any atom is 0.307 e. The molecule has 0 radical (unpaired) electrons. The molecule has 3 rings (SSSR count). The first-order valence-corrected chi connectivity index (χ1v) is 8.60. The van der Waals surface area contributed by atoms with Gasteiger partial charge in [-0.15, -0.1) is 0 Å². The van der Waals surface area contributed by atoms with Gasteiger partial charge >= 0.3 is 5.97 Å². The van der Waals surface area contributed by atoms with Crippen molar-refractivity contribution < 1.29 is 14.6 Å². The fraction of sp³-hybridized carbons (Fsp3) is 0.286. The van der Waals surface area contributed by atoms with Crippen LogP contribution in [0.5, 0.6) is 5.75 Å². The molecule has 0 aliphatic heterocycles. The van der Waals surface area contributed by atoms with Crippen LogP contribution in [0, 0.1) is 0 Å². The Morgan fingerprint density at radius 1 is 1.16 bits per heavy atom. The summed E-state index contributed by atoms with van der Waals surface area (Å²) < 4.78 is 5.76. The highest BCUT2D eigenvalue weighted by molar-refractivity contribution is 5.96. The van der Waals surface area contributed by atoms with Crippen LogP contribution in [0.2, 0.25) is 0 Å². The number of carboxylic acids is 1. The maximum absolute atomic E-state index is 11.5. The van der Waals surface area contributed by atoms with Crippen LogP contribution in [-0.4, -0.2) is 22.7 Å². The van der Waals surface area contributed by atoms with Crippen LogP contribution in [0.25, 0.3) is 22.2 Å². The predicted molar refractivity (Wildman–Crippen MR) is 100 cm³/mol. The van der Waals surface area contributed by atoms with Crippen molar-refractivity contribution in [3.63, 3.8) is 0 Å². The predicted octanol–water partition coefficient (Wildman–Crippen LogP) is 4.98. The number of fused-ring (bicyclic) bond motifs is 1. The van der Waals surface area contributed by atoms with Crippen molar-refractivity contribution in [3.05, 3.63) is 53.6 Å². The molecule has 0 unspecified atom stereocenters. The Hall–Kier alpha value is -2.75. The highest BCUT2D eigenvalue weighted by Crippen LogP contribution is 2.38. The first kappa shape index (κ1) is 17.1. The van der Waals surface area contributed by atoms with Crippen LogP contribution in [0.1, 0.15) is 37.8 Å². The number of hydrogen-bond donors (Lipinski definition) is 2. The molecule has 130 valence electrons.